The normalized spacial score (nSPS) is 9.89. The van der Waals surface area contributed by atoms with Crippen molar-refractivity contribution >= 4 is 11.3 Å². The fraction of sp³-hybridized carbons (Fsp3) is 0.333. The third kappa shape index (κ3) is 2.13. The van der Waals surface area contributed by atoms with Crippen LogP contribution in [-0.2, 0) is 6.54 Å². The molecule has 0 unspecified atom stereocenters. The second kappa shape index (κ2) is 3.61. The molecular weight excluding hydrogens is 132 g/mol. The van der Waals surface area contributed by atoms with Gasteiger partial charge >= 0.3 is 0 Å². The van der Waals surface area contributed by atoms with Gasteiger partial charge in [-0.2, -0.15) is 0 Å². The largest absolute Gasteiger partial charge is 0.318 e. The van der Waals surface area contributed by atoms with Crippen LogP contribution in [0.3, 0.4) is 0 Å². The Balaban J connectivity index is 2.30. The zero-order valence-electron chi connectivity index (χ0n) is 5.13. The van der Waals surface area contributed by atoms with Crippen LogP contribution in [0, 0.1) is 0 Å². The van der Waals surface area contributed by atoms with Crippen molar-refractivity contribution in [3.8, 4) is 0 Å². The first-order valence-electron chi connectivity index (χ1n) is 2.86. The van der Waals surface area contributed by atoms with Crippen LogP contribution in [0.1, 0.15) is 4.88 Å². The second-order valence-corrected chi connectivity index (χ2v) is 2.74. The summed E-state index contributed by atoms with van der Waals surface area (Å²) in [5, 5.41) is 5.10. The van der Waals surface area contributed by atoms with E-state index in [0.717, 1.165) is 6.54 Å². The lowest BCUT2D eigenvalue weighted by Crippen LogP contribution is -2.20. The van der Waals surface area contributed by atoms with Gasteiger partial charge in [-0.25, -0.2) is 0 Å². The highest BCUT2D eigenvalue weighted by molar-refractivity contribution is 7.09. The van der Waals surface area contributed by atoms with Crippen LogP contribution in [0.15, 0.2) is 17.5 Å². The highest BCUT2D eigenvalue weighted by atomic mass is 32.1. The Morgan fingerprint density at radius 2 is 2.56 bits per heavy atom. The maximum atomic E-state index is 5.24. The zero-order chi connectivity index (χ0) is 6.53. The van der Waals surface area contributed by atoms with Gasteiger partial charge in [-0.05, 0) is 11.4 Å². The summed E-state index contributed by atoms with van der Waals surface area (Å²) < 4.78 is 0. The quantitative estimate of drug-likeness (QED) is 0.611. The minimum Gasteiger partial charge on any atom is -0.318 e. The van der Waals surface area contributed by atoms with Gasteiger partial charge in [0, 0.05) is 18.1 Å². The molecule has 0 aromatic carbocycles. The molecule has 0 saturated heterocycles. The fourth-order valence-electron chi connectivity index (χ4n) is 0.609. The maximum Gasteiger partial charge on any atom is 0.0431 e. The molecule has 2 nitrogen and oxygen atoms in total. The molecular formula is C6H10N2S. The van der Waals surface area contributed by atoms with E-state index < -0.39 is 0 Å². The summed E-state index contributed by atoms with van der Waals surface area (Å²) in [6.07, 6.45) is 0. The molecule has 3 heteroatoms. The topological polar surface area (TPSA) is 38.0 Å². The highest BCUT2D eigenvalue weighted by Crippen LogP contribution is 2.06. The number of rotatable bonds is 3. The Morgan fingerprint density at radius 1 is 1.67 bits per heavy atom. The third-order valence-electron chi connectivity index (χ3n) is 1.02. The molecule has 1 aromatic heterocycles. The van der Waals surface area contributed by atoms with Crippen LogP contribution in [0.5, 0.6) is 0 Å². The van der Waals surface area contributed by atoms with Crippen LogP contribution in [0.4, 0.5) is 0 Å². The van der Waals surface area contributed by atoms with Crippen LogP contribution >= 0.6 is 11.3 Å². The average Bonchev–Trinajstić information content (AvgIpc) is 2.34. The summed E-state index contributed by atoms with van der Waals surface area (Å²) >= 11 is 1.74. The van der Waals surface area contributed by atoms with Crippen molar-refractivity contribution in [3.63, 3.8) is 0 Å². The molecule has 3 N–H and O–H groups in total. The number of hydrogen-bond donors (Lipinski definition) is 2. The molecule has 0 aliphatic heterocycles. The molecule has 1 aromatic rings. The van der Waals surface area contributed by atoms with Gasteiger partial charge in [0.2, 0.25) is 0 Å². The van der Waals surface area contributed by atoms with E-state index >= 15 is 0 Å². The summed E-state index contributed by atoms with van der Waals surface area (Å²) in [4.78, 5) is 1.33. The molecule has 0 radical (unpaired) electrons. The number of thiophene rings is 1. The van der Waals surface area contributed by atoms with Crippen molar-refractivity contribution < 1.29 is 0 Å². The number of nitrogens with two attached hydrogens (primary N) is 1. The van der Waals surface area contributed by atoms with Crippen LogP contribution in [0.2, 0.25) is 0 Å². The van der Waals surface area contributed by atoms with Crippen LogP contribution in [0.25, 0.3) is 0 Å². The third-order valence-corrected chi connectivity index (χ3v) is 1.90. The van der Waals surface area contributed by atoms with E-state index in [1.54, 1.807) is 11.3 Å². The van der Waals surface area contributed by atoms with E-state index in [9.17, 15) is 0 Å². The Hall–Kier alpha value is -0.380. The van der Waals surface area contributed by atoms with Crippen molar-refractivity contribution in [3.05, 3.63) is 22.4 Å². The van der Waals surface area contributed by atoms with Crippen molar-refractivity contribution in [2.45, 2.75) is 6.54 Å². The van der Waals surface area contributed by atoms with E-state index in [-0.39, 0.29) is 0 Å². The van der Waals surface area contributed by atoms with Crippen LogP contribution < -0.4 is 11.1 Å². The molecule has 0 aliphatic rings. The molecule has 0 amide bonds. The highest BCUT2D eigenvalue weighted by Gasteiger charge is 1.88. The molecule has 0 bridgehead atoms. The molecule has 50 valence electrons. The lowest BCUT2D eigenvalue weighted by molar-refractivity contribution is 0.717. The van der Waals surface area contributed by atoms with Gasteiger partial charge in [-0.15, -0.1) is 11.3 Å². The lowest BCUT2D eigenvalue weighted by atomic mass is 10.5. The van der Waals surface area contributed by atoms with Gasteiger partial charge in [-0.3, -0.25) is 5.32 Å². The predicted molar refractivity (Wildman–Crippen MR) is 40.2 cm³/mol. The van der Waals surface area contributed by atoms with Gasteiger partial charge < -0.3 is 5.73 Å². The minimum atomic E-state index is 0.553. The van der Waals surface area contributed by atoms with Crippen molar-refractivity contribution in [2.24, 2.45) is 5.73 Å². The Kier molecular flexibility index (Phi) is 2.70. The molecule has 9 heavy (non-hydrogen) atoms. The first-order valence-corrected chi connectivity index (χ1v) is 3.74. The van der Waals surface area contributed by atoms with Gasteiger partial charge in [0.25, 0.3) is 0 Å². The smallest absolute Gasteiger partial charge is 0.0431 e. The second-order valence-electron chi connectivity index (χ2n) is 1.71. The van der Waals surface area contributed by atoms with Gasteiger partial charge in [0.15, 0.2) is 0 Å². The lowest BCUT2D eigenvalue weighted by Gasteiger charge is -1.94. The summed E-state index contributed by atoms with van der Waals surface area (Å²) in [6.45, 7) is 1.45. The summed E-state index contributed by atoms with van der Waals surface area (Å²) in [5.41, 5.74) is 5.24. The van der Waals surface area contributed by atoms with Crippen molar-refractivity contribution in [1.29, 1.82) is 0 Å². The van der Waals surface area contributed by atoms with E-state index in [0.29, 0.717) is 6.67 Å². The average molecular weight is 142 g/mol. The maximum absolute atomic E-state index is 5.24. The molecule has 0 aliphatic carbocycles. The predicted octanol–water partition coefficient (Wildman–Crippen LogP) is 0.754. The number of hydrogen-bond acceptors (Lipinski definition) is 3. The van der Waals surface area contributed by atoms with E-state index in [4.69, 9.17) is 5.73 Å². The first-order chi connectivity index (χ1) is 4.43. The van der Waals surface area contributed by atoms with Gasteiger partial charge in [0.1, 0.15) is 0 Å². The molecule has 0 saturated carbocycles. The Labute approximate surface area is 58.7 Å². The molecule has 0 fully saturated rings. The van der Waals surface area contributed by atoms with E-state index in [1.807, 2.05) is 6.07 Å². The fourth-order valence-corrected chi connectivity index (χ4v) is 1.28. The molecule has 0 atom stereocenters. The summed E-state index contributed by atoms with van der Waals surface area (Å²) in [7, 11) is 0. The van der Waals surface area contributed by atoms with Gasteiger partial charge in [0.05, 0.1) is 0 Å². The van der Waals surface area contributed by atoms with Gasteiger partial charge in [-0.1, -0.05) is 6.07 Å². The molecule has 1 rings (SSSR count). The van der Waals surface area contributed by atoms with E-state index in [2.05, 4.69) is 16.8 Å². The van der Waals surface area contributed by atoms with Crippen molar-refractivity contribution in [2.75, 3.05) is 6.67 Å². The molecule has 0 spiro atoms. The van der Waals surface area contributed by atoms with Crippen LogP contribution in [-0.4, -0.2) is 6.67 Å². The Bertz CT molecular complexity index is 148. The number of nitrogens with one attached hydrogen (secondary N) is 1. The Morgan fingerprint density at radius 3 is 3.11 bits per heavy atom. The monoisotopic (exact) mass is 142 g/mol. The zero-order valence-corrected chi connectivity index (χ0v) is 5.95. The standard InChI is InChI=1S/C6H10N2S/c7-5-8-4-6-2-1-3-9-6/h1-3,8H,4-5,7H2. The summed E-state index contributed by atoms with van der Waals surface area (Å²) in [6, 6.07) is 4.13. The van der Waals surface area contributed by atoms with Crippen molar-refractivity contribution in [1.82, 2.24) is 5.32 Å². The minimum absolute atomic E-state index is 0.553. The van der Waals surface area contributed by atoms with E-state index in [1.165, 1.54) is 4.88 Å². The molecule has 1 heterocycles. The SMILES string of the molecule is NCNCc1cccs1. The first kappa shape index (κ1) is 6.74. The summed E-state index contributed by atoms with van der Waals surface area (Å²) in [5.74, 6) is 0.